The minimum Gasteiger partial charge on any atom is -0.324 e. The van der Waals surface area contributed by atoms with Crippen LogP contribution in [0.15, 0.2) is 36.7 Å². The fraction of sp³-hybridized carbons (Fsp3) is 0.231. The van der Waals surface area contributed by atoms with Crippen molar-refractivity contribution in [3.05, 3.63) is 42.5 Å². The Bertz CT molecular complexity index is 537. The third-order valence-electron chi connectivity index (χ3n) is 2.46. The lowest BCUT2D eigenvalue weighted by Gasteiger charge is -2.11. The van der Waals surface area contributed by atoms with Crippen molar-refractivity contribution in [2.24, 2.45) is 0 Å². The lowest BCUT2D eigenvalue weighted by Crippen LogP contribution is -2.13. The molecular weight excluding hydrogens is 233 g/mol. The molecule has 1 N–H and O–H groups in total. The Balaban J connectivity index is 2.32. The van der Waals surface area contributed by atoms with E-state index in [4.69, 9.17) is 0 Å². The molecule has 0 bridgehead atoms. The summed E-state index contributed by atoms with van der Waals surface area (Å²) in [6.07, 6.45) is 4.52. The Morgan fingerprint density at radius 3 is 3.00 bits per heavy atom. The maximum Gasteiger partial charge on any atom is 0.224 e. The molecule has 1 heterocycles. The van der Waals surface area contributed by atoms with Gasteiger partial charge in [0.2, 0.25) is 5.91 Å². The van der Waals surface area contributed by atoms with Crippen LogP contribution in [0.3, 0.4) is 0 Å². The average Bonchev–Trinajstić information content (AvgIpc) is 2.83. The van der Waals surface area contributed by atoms with Crippen molar-refractivity contribution in [3.63, 3.8) is 0 Å². The van der Waals surface area contributed by atoms with E-state index < -0.39 is 5.82 Å². The number of amides is 1. The molecule has 2 aromatic rings. The van der Waals surface area contributed by atoms with E-state index in [1.165, 1.54) is 12.1 Å². The molecule has 4 nitrogen and oxygen atoms in total. The highest BCUT2D eigenvalue weighted by Gasteiger charge is 2.09. The first-order valence-corrected chi connectivity index (χ1v) is 5.80. The summed E-state index contributed by atoms with van der Waals surface area (Å²) in [7, 11) is 0. The number of nitrogens with zero attached hydrogens (tertiary/aromatic N) is 2. The van der Waals surface area contributed by atoms with E-state index in [1.54, 1.807) is 29.2 Å². The molecule has 94 valence electrons. The van der Waals surface area contributed by atoms with Gasteiger partial charge in [-0.25, -0.2) is 9.07 Å². The van der Waals surface area contributed by atoms with Crippen molar-refractivity contribution in [3.8, 4) is 5.69 Å². The molecule has 0 aliphatic rings. The number of carbonyl (C=O) groups is 1. The zero-order valence-corrected chi connectivity index (χ0v) is 10.1. The average molecular weight is 247 g/mol. The van der Waals surface area contributed by atoms with Crippen LogP contribution < -0.4 is 5.32 Å². The van der Waals surface area contributed by atoms with Crippen molar-refractivity contribution in [1.29, 1.82) is 0 Å². The highest BCUT2D eigenvalue weighted by Crippen LogP contribution is 2.21. The minimum atomic E-state index is -0.391. The second kappa shape index (κ2) is 5.44. The molecule has 0 aliphatic heterocycles. The molecule has 0 spiro atoms. The molecule has 5 heteroatoms. The smallest absolute Gasteiger partial charge is 0.224 e. The Kier molecular flexibility index (Phi) is 3.72. The van der Waals surface area contributed by atoms with Gasteiger partial charge in [0.15, 0.2) is 0 Å². The van der Waals surface area contributed by atoms with E-state index in [0.717, 1.165) is 6.42 Å². The van der Waals surface area contributed by atoms with E-state index >= 15 is 0 Å². The SMILES string of the molecule is CCCC(=O)Nc1cc(F)ccc1-n1cccn1. The van der Waals surface area contributed by atoms with Crippen molar-refractivity contribution in [1.82, 2.24) is 9.78 Å². The van der Waals surface area contributed by atoms with Crippen LogP contribution in [0.2, 0.25) is 0 Å². The van der Waals surface area contributed by atoms with Gasteiger partial charge in [0.25, 0.3) is 0 Å². The number of hydrogen-bond donors (Lipinski definition) is 1. The quantitative estimate of drug-likeness (QED) is 0.903. The van der Waals surface area contributed by atoms with Gasteiger partial charge in [-0.3, -0.25) is 4.79 Å². The van der Waals surface area contributed by atoms with E-state index in [2.05, 4.69) is 10.4 Å². The topological polar surface area (TPSA) is 46.9 Å². The summed E-state index contributed by atoms with van der Waals surface area (Å²) >= 11 is 0. The first kappa shape index (κ1) is 12.3. The van der Waals surface area contributed by atoms with Crippen LogP contribution in [0.4, 0.5) is 10.1 Å². The second-order valence-corrected chi connectivity index (χ2v) is 3.91. The summed E-state index contributed by atoms with van der Waals surface area (Å²) in [5.41, 5.74) is 1.07. The summed E-state index contributed by atoms with van der Waals surface area (Å²) in [6, 6.07) is 5.99. The zero-order valence-electron chi connectivity index (χ0n) is 10.1. The van der Waals surface area contributed by atoms with Crippen LogP contribution in [-0.4, -0.2) is 15.7 Å². The maximum atomic E-state index is 13.2. The summed E-state index contributed by atoms with van der Waals surface area (Å²) in [6.45, 7) is 1.92. The predicted molar refractivity (Wildman–Crippen MR) is 67.1 cm³/mol. The number of benzene rings is 1. The monoisotopic (exact) mass is 247 g/mol. The van der Waals surface area contributed by atoms with Gasteiger partial charge in [0.1, 0.15) is 5.82 Å². The molecule has 2 rings (SSSR count). The van der Waals surface area contributed by atoms with E-state index in [0.29, 0.717) is 17.8 Å². The predicted octanol–water partition coefficient (Wildman–Crippen LogP) is 2.75. The van der Waals surface area contributed by atoms with Gasteiger partial charge in [-0.15, -0.1) is 0 Å². The third kappa shape index (κ3) is 2.74. The number of anilines is 1. The Labute approximate surface area is 104 Å². The van der Waals surface area contributed by atoms with E-state index in [9.17, 15) is 9.18 Å². The standard InChI is InChI=1S/C13H14FN3O/c1-2-4-13(18)16-11-9-10(14)5-6-12(11)17-8-3-7-15-17/h3,5-9H,2,4H2,1H3,(H,16,18). The Morgan fingerprint density at radius 1 is 1.50 bits per heavy atom. The number of aromatic nitrogens is 2. The van der Waals surface area contributed by atoms with Gasteiger partial charge in [0, 0.05) is 18.8 Å². The Morgan fingerprint density at radius 2 is 2.33 bits per heavy atom. The number of halogens is 1. The molecule has 0 saturated carbocycles. The number of rotatable bonds is 4. The number of carbonyl (C=O) groups excluding carboxylic acids is 1. The molecule has 0 saturated heterocycles. The van der Waals surface area contributed by atoms with Crippen LogP contribution in [0.1, 0.15) is 19.8 Å². The molecule has 18 heavy (non-hydrogen) atoms. The van der Waals surface area contributed by atoms with Gasteiger partial charge in [-0.2, -0.15) is 5.10 Å². The largest absolute Gasteiger partial charge is 0.324 e. The van der Waals surface area contributed by atoms with E-state index in [1.807, 2.05) is 6.92 Å². The highest BCUT2D eigenvalue weighted by molar-refractivity contribution is 5.92. The third-order valence-corrected chi connectivity index (χ3v) is 2.46. The molecule has 0 atom stereocenters. The van der Waals surface area contributed by atoms with Crippen LogP contribution in [0, 0.1) is 5.82 Å². The van der Waals surface area contributed by atoms with Crippen LogP contribution in [0.5, 0.6) is 0 Å². The molecule has 0 aliphatic carbocycles. The van der Waals surface area contributed by atoms with Crippen molar-refractivity contribution < 1.29 is 9.18 Å². The first-order valence-electron chi connectivity index (χ1n) is 5.80. The fourth-order valence-electron chi connectivity index (χ4n) is 1.66. The minimum absolute atomic E-state index is 0.128. The molecule has 1 aromatic heterocycles. The zero-order chi connectivity index (χ0) is 13.0. The van der Waals surface area contributed by atoms with Gasteiger partial charge in [0.05, 0.1) is 11.4 Å². The lowest BCUT2D eigenvalue weighted by atomic mass is 10.2. The number of hydrogen-bond acceptors (Lipinski definition) is 2. The molecular formula is C13H14FN3O. The summed E-state index contributed by atoms with van der Waals surface area (Å²) in [5, 5.41) is 6.77. The molecule has 0 radical (unpaired) electrons. The van der Waals surface area contributed by atoms with Crippen molar-refractivity contribution >= 4 is 11.6 Å². The van der Waals surface area contributed by atoms with Crippen LogP contribution in [-0.2, 0) is 4.79 Å². The molecule has 1 aromatic carbocycles. The summed E-state index contributed by atoms with van der Waals surface area (Å²) in [4.78, 5) is 11.6. The fourth-order valence-corrected chi connectivity index (χ4v) is 1.66. The van der Waals surface area contributed by atoms with E-state index in [-0.39, 0.29) is 5.91 Å². The summed E-state index contributed by atoms with van der Waals surface area (Å²) < 4.78 is 14.8. The van der Waals surface area contributed by atoms with Crippen LogP contribution >= 0.6 is 0 Å². The molecule has 0 unspecified atom stereocenters. The number of nitrogens with one attached hydrogen (secondary N) is 1. The maximum absolute atomic E-state index is 13.2. The van der Waals surface area contributed by atoms with Crippen molar-refractivity contribution in [2.45, 2.75) is 19.8 Å². The summed E-state index contributed by atoms with van der Waals surface area (Å²) in [5.74, 6) is -0.519. The Hall–Kier alpha value is -2.17. The van der Waals surface area contributed by atoms with Crippen molar-refractivity contribution in [2.75, 3.05) is 5.32 Å². The van der Waals surface area contributed by atoms with Gasteiger partial charge in [-0.05, 0) is 30.7 Å². The second-order valence-electron chi connectivity index (χ2n) is 3.91. The normalized spacial score (nSPS) is 10.3. The van der Waals surface area contributed by atoms with Gasteiger partial charge < -0.3 is 5.32 Å². The van der Waals surface area contributed by atoms with Gasteiger partial charge >= 0.3 is 0 Å². The lowest BCUT2D eigenvalue weighted by molar-refractivity contribution is -0.116. The van der Waals surface area contributed by atoms with Crippen LogP contribution in [0.25, 0.3) is 5.69 Å². The first-order chi connectivity index (χ1) is 8.70. The van der Waals surface area contributed by atoms with Gasteiger partial charge in [-0.1, -0.05) is 6.92 Å². The molecule has 1 amide bonds. The molecule has 0 fully saturated rings. The highest BCUT2D eigenvalue weighted by atomic mass is 19.1.